The molecule has 0 aliphatic carbocycles. The van der Waals surface area contributed by atoms with Crippen LogP contribution in [0.5, 0.6) is 0 Å². The number of allylic oxidation sites excluding steroid dienone is 2. The van der Waals surface area contributed by atoms with E-state index in [-0.39, 0.29) is 5.92 Å². The summed E-state index contributed by atoms with van der Waals surface area (Å²) in [6.07, 6.45) is 3.02. The molecule has 0 amide bonds. The van der Waals surface area contributed by atoms with Gasteiger partial charge in [-0.25, -0.2) is 4.99 Å². The summed E-state index contributed by atoms with van der Waals surface area (Å²) in [7, 11) is 0. The fourth-order valence-electron chi connectivity index (χ4n) is 1.10. The van der Waals surface area contributed by atoms with E-state index in [1.807, 2.05) is 13.0 Å². The Balaban J connectivity index is 2.81. The van der Waals surface area contributed by atoms with E-state index in [0.29, 0.717) is 5.71 Å². The number of hydrogen-bond acceptors (Lipinski definition) is 2. The molecule has 0 bridgehead atoms. The average Bonchev–Trinajstić information content (AvgIpc) is 2.30. The van der Waals surface area contributed by atoms with E-state index in [2.05, 4.69) is 18.0 Å². The minimum Gasteiger partial charge on any atom is -0.247 e. The molecule has 1 aliphatic heterocycles. The molecular weight excluding hydrogens is 124 g/mol. The lowest BCUT2D eigenvalue weighted by molar-refractivity contribution is 0.830. The highest BCUT2D eigenvalue weighted by molar-refractivity contribution is 6.03. The van der Waals surface area contributed by atoms with E-state index in [0.717, 1.165) is 12.1 Å². The van der Waals surface area contributed by atoms with Gasteiger partial charge in [0.05, 0.1) is 0 Å². The fraction of sp³-hybridized carbons (Fsp3) is 0.500. The van der Waals surface area contributed by atoms with Gasteiger partial charge in [-0.15, -0.1) is 0 Å². The van der Waals surface area contributed by atoms with Gasteiger partial charge in [-0.05, 0) is 13.3 Å². The van der Waals surface area contributed by atoms with Crippen LogP contribution in [0.2, 0.25) is 0 Å². The summed E-state index contributed by atoms with van der Waals surface area (Å²) >= 11 is 0. The van der Waals surface area contributed by atoms with Crippen molar-refractivity contribution in [1.82, 2.24) is 0 Å². The Bertz CT molecular complexity index is 230. The lowest BCUT2D eigenvalue weighted by atomic mass is 10.0. The second kappa shape index (κ2) is 2.66. The largest absolute Gasteiger partial charge is 0.247 e. The first-order valence-corrected chi connectivity index (χ1v) is 3.45. The van der Waals surface area contributed by atoms with Crippen molar-refractivity contribution in [2.24, 2.45) is 10.9 Å². The highest BCUT2D eigenvalue weighted by Gasteiger charge is 2.16. The quantitative estimate of drug-likeness (QED) is 0.539. The molecular formula is C8H10N2. The smallest absolute Gasteiger partial charge is 0.124 e. The van der Waals surface area contributed by atoms with Crippen LogP contribution in [0.15, 0.2) is 16.8 Å². The summed E-state index contributed by atoms with van der Waals surface area (Å²) in [6.45, 7) is 3.99. The van der Waals surface area contributed by atoms with Crippen LogP contribution in [0.4, 0.5) is 0 Å². The molecule has 1 unspecified atom stereocenters. The molecule has 0 saturated heterocycles. The van der Waals surface area contributed by atoms with Crippen LogP contribution in [0.1, 0.15) is 20.3 Å². The molecule has 0 aromatic rings. The summed E-state index contributed by atoms with van der Waals surface area (Å²) in [4.78, 5) is 4.08. The average molecular weight is 134 g/mol. The molecule has 1 aliphatic rings. The van der Waals surface area contributed by atoms with Crippen molar-refractivity contribution in [3.8, 4) is 6.07 Å². The van der Waals surface area contributed by atoms with Crippen LogP contribution in [0, 0.1) is 17.2 Å². The van der Waals surface area contributed by atoms with Crippen LogP contribution in [-0.4, -0.2) is 5.71 Å². The SMILES string of the molecule is CCC1C=C(C)N=C1C#N. The molecule has 52 valence electrons. The lowest BCUT2D eigenvalue weighted by Crippen LogP contribution is -2.04. The van der Waals surface area contributed by atoms with Gasteiger partial charge in [0, 0.05) is 11.6 Å². The predicted octanol–water partition coefficient (Wildman–Crippen LogP) is 1.89. The Kier molecular flexibility index (Phi) is 1.86. The summed E-state index contributed by atoms with van der Waals surface area (Å²) in [5.41, 5.74) is 1.64. The summed E-state index contributed by atoms with van der Waals surface area (Å²) < 4.78 is 0. The second-order valence-electron chi connectivity index (χ2n) is 2.43. The van der Waals surface area contributed by atoms with Gasteiger partial charge in [0.25, 0.3) is 0 Å². The van der Waals surface area contributed by atoms with Crippen molar-refractivity contribution in [3.63, 3.8) is 0 Å². The first-order chi connectivity index (χ1) is 4.77. The molecule has 0 aromatic carbocycles. The second-order valence-corrected chi connectivity index (χ2v) is 2.43. The highest BCUT2D eigenvalue weighted by atomic mass is 14.8. The number of nitriles is 1. The van der Waals surface area contributed by atoms with Gasteiger partial charge in [0.2, 0.25) is 0 Å². The molecule has 1 rings (SSSR count). The first kappa shape index (κ1) is 7.01. The van der Waals surface area contributed by atoms with Crippen molar-refractivity contribution in [2.45, 2.75) is 20.3 Å². The third-order valence-electron chi connectivity index (χ3n) is 1.64. The predicted molar refractivity (Wildman–Crippen MR) is 40.6 cm³/mol. The zero-order valence-electron chi connectivity index (χ0n) is 6.26. The molecule has 0 radical (unpaired) electrons. The number of hydrogen-bond donors (Lipinski definition) is 0. The normalized spacial score (nSPS) is 23.5. The fourth-order valence-corrected chi connectivity index (χ4v) is 1.10. The molecule has 0 N–H and O–H groups in total. The van der Waals surface area contributed by atoms with Crippen molar-refractivity contribution in [1.29, 1.82) is 5.26 Å². The monoisotopic (exact) mass is 134 g/mol. The third-order valence-corrected chi connectivity index (χ3v) is 1.64. The van der Waals surface area contributed by atoms with Gasteiger partial charge >= 0.3 is 0 Å². The molecule has 0 fully saturated rings. The summed E-state index contributed by atoms with van der Waals surface area (Å²) in [5, 5.41) is 8.57. The zero-order chi connectivity index (χ0) is 7.56. The van der Waals surface area contributed by atoms with E-state index >= 15 is 0 Å². The topological polar surface area (TPSA) is 36.1 Å². The van der Waals surface area contributed by atoms with E-state index in [1.165, 1.54) is 0 Å². The molecule has 0 spiro atoms. The number of nitrogens with zero attached hydrogens (tertiary/aromatic N) is 2. The van der Waals surface area contributed by atoms with Crippen LogP contribution in [0.3, 0.4) is 0 Å². The van der Waals surface area contributed by atoms with Crippen LogP contribution >= 0.6 is 0 Å². The van der Waals surface area contributed by atoms with Gasteiger partial charge in [0.15, 0.2) is 0 Å². The third kappa shape index (κ3) is 1.08. The first-order valence-electron chi connectivity index (χ1n) is 3.45. The van der Waals surface area contributed by atoms with Crippen LogP contribution in [0.25, 0.3) is 0 Å². The summed E-state index contributed by atoms with van der Waals surface area (Å²) in [5.74, 6) is 0.282. The van der Waals surface area contributed by atoms with Gasteiger partial charge in [-0.1, -0.05) is 13.0 Å². The zero-order valence-corrected chi connectivity index (χ0v) is 6.26. The van der Waals surface area contributed by atoms with Crippen molar-refractivity contribution < 1.29 is 0 Å². The molecule has 2 nitrogen and oxygen atoms in total. The highest BCUT2D eigenvalue weighted by Crippen LogP contribution is 2.18. The molecule has 0 aromatic heterocycles. The summed E-state index contributed by atoms with van der Waals surface area (Å²) in [6, 6.07) is 2.09. The van der Waals surface area contributed by atoms with Crippen molar-refractivity contribution in [2.75, 3.05) is 0 Å². The molecule has 0 saturated carbocycles. The molecule has 1 heterocycles. The minimum atomic E-state index is 0.282. The van der Waals surface area contributed by atoms with Gasteiger partial charge in [-0.2, -0.15) is 5.26 Å². The Morgan fingerprint density at radius 1 is 1.80 bits per heavy atom. The Morgan fingerprint density at radius 2 is 2.50 bits per heavy atom. The van der Waals surface area contributed by atoms with E-state index < -0.39 is 0 Å². The standard InChI is InChI=1S/C8H10N2/c1-3-7-4-6(2)10-8(7)5-9/h4,7H,3H2,1-2H3. The van der Waals surface area contributed by atoms with Crippen molar-refractivity contribution in [3.05, 3.63) is 11.8 Å². The molecule has 2 heteroatoms. The number of aliphatic imine (C=N–C) groups is 1. The maximum Gasteiger partial charge on any atom is 0.124 e. The van der Waals surface area contributed by atoms with E-state index in [4.69, 9.17) is 5.26 Å². The lowest BCUT2D eigenvalue weighted by Gasteiger charge is -1.98. The van der Waals surface area contributed by atoms with Gasteiger partial charge in [0.1, 0.15) is 11.8 Å². The maximum atomic E-state index is 8.57. The molecule has 10 heavy (non-hydrogen) atoms. The minimum absolute atomic E-state index is 0.282. The van der Waals surface area contributed by atoms with Crippen LogP contribution < -0.4 is 0 Å². The van der Waals surface area contributed by atoms with Crippen LogP contribution in [-0.2, 0) is 0 Å². The van der Waals surface area contributed by atoms with E-state index in [9.17, 15) is 0 Å². The number of rotatable bonds is 1. The van der Waals surface area contributed by atoms with E-state index in [1.54, 1.807) is 0 Å². The Hall–Kier alpha value is -1.10. The molecule has 1 atom stereocenters. The Morgan fingerprint density at radius 3 is 2.90 bits per heavy atom. The maximum absolute atomic E-state index is 8.57. The van der Waals surface area contributed by atoms with Gasteiger partial charge in [-0.3, -0.25) is 0 Å². The van der Waals surface area contributed by atoms with Gasteiger partial charge < -0.3 is 0 Å². The van der Waals surface area contributed by atoms with Crippen molar-refractivity contribution >= 4 is 5.71 Å². The Labute approximate surface area is 60.9 Å².